The highest BCUT2D eigenvalue weighted by Crippen LogP contribution is 2.29. The van der Waals surface area contributed by atoms with Crippen LogP contribution in [0.25, 0.3) is 0 Å². The smallest absolute Gasteiger partial charge is 0.0839 e. The topological polar surface area (TPSA) is 18.5 Å². The SMILES string of the molecule is CCCC/C=C\C/C=C\CCCCCCCCO[C@@H]1CC[C@@H](C)C[C@@H]1OCCCCCCCC/C=C\C/C=C\CCCCC. The Kier molecular flexibility index (Phi) is 30.9. The fraction of sp³-hybridized carbons (Fsp3) is 0.810. The minimum atomic E-state index is 0.316. The predicted octanol–water partition coefficient (Wildman–Crippen LogP) is 13.8. The van der Waals surface area contributed by atoms with Crippen molar-refractivity contribution in [2.24, 2.45) is 5.92 Å². The summed E-state index contributed by atoms with van der Waals surface area (Å²) in [6, 6.07) is 0. The van der Waals surface area contributed by atoms with E-state index in [9.17, 15) is 0 Å². The summed E-state index contributed by atoms with van der Waals surface area (Å²) in [5, 5.41) is 0. The van der Waals surface area contributed by atoms with Gasteiger partial charge in [-0.25, -0.2) is 0 Å². The molecule has 0 saturated heterocycles. The van der Waals surface area contributed by atoms with E-state index in [2.05, 4.69) is 69.4 Å². The second kappa shape index (κ2) is 33.2. The van der Waals surface area contributed by atoms with Gasteiger partial charge in [-0.3, -0.25) is 0 Å². The summed E-state index contributed by atoms with van der Waals surface area (Å²) < 4.78 is 12.8. The zero-order valence-electron chi connectivity index (χ0n) is 30.0. The highest BCUT2D eigenvalue weighted by molar-refractivity contribution is 4.93. The standard InChI is InChI=1S/C42H76O2/c1-4-6-8-10-12-14-16-18-20-22-24-26-28-30-32-34-38-44-42-39-40(3)35-36-41(42)43-37-33-31-29-27-25-23-21-19-17-15-13-11-9-7-5-2/h11-14,17-20,40-42H,4-10,15-16,21-39H2,1-3H3/b13-11-,14-12-,19-17-,20-18-/t40-,41-,42+/m1/s1. The van der Waals surface area contributed by atoms with Crippen LogP contribution in [0.2, 0.25) is 0 Å². The van der Waals surface area contributed by atoms with E-state index in [-0.39, 0.29) is 0 Å². The first-order chi connectivity index (χ1) is 21.8. The number of unbranched alkanes of at least 4 members (excludes halogenated alkanes) is 17. The van der Waals surface area contributed by atoms with E-state index in [0.29, 0.717) is 12.2 Å². The number of hydrogen-bond donors (Lipinski definition) is 0. The van der Waals surface area contributed by atoms with Gasteiger partial charge in [0.05, 0.1) is 12.2 Å². The van der Waals surface area contributed by atoms with Crippen LogP contribution in [0.1, 0.15) is 188 Å². The fourth-order valence-electron chi connectivity index (χ4n) is 6.13. The lowest BCUT2D eigenvalue weighted by atomic mass is 9.86. The summed E-state index contributed by atoms with van der Waals surface area (Å²) in [5.41, 5.74) is 0. The lowest BCUT2D eigenvalue weighted by Crippen LogP contribution is -2.37. The number of rotatable bonds is 31. The van der Waals surface area contributed by atoms with Gasteiger partial charge in [-0.2, -0.15) is 0 Å². The van der Waals surface area contributed by atoms with E-state index in [1.807, 2.05) is 0 Å². The van der Waals surface area contributed by atoms with Crippen molar-refractivity contribution in [3.63, 3.8) is 0 Å². The van der Waals surface area contributed by atoms with Gasteiger partial charge in [-0.15, -0.1) is 0 Å². The monoisotopic (exact) mass is 613 g/mol. The second-order valence-electron chi connectivity index (χ2n) is 13.6. The molecule has 0 unspecified atom stereocenters. The third-order valence-electron chi connectivity index (χ3n) is 9.10. The molecule has 0 bridgehead atoms. The molecule has 1 aliphatic carbocycles. The van der Waals surface area contributed by atoms with Crippen LogP contribution in [0.5, 0.6) is 0 Å². The molecule has 2 heteroatoms. The second-order valence-corrected chi connectivity index (χ2v) is 13.6. The Morgan fingerprint density at radius 1 is 0.432 bits per heavy atom. The van der Waals surface area contributed by atoms with Crippen LogP contribution in [0, 0.1) is 5.92 Å². The van der Waals surface area contributed by atoms with E-state index in [1.165, 1.54) is 154 Å². The van der Waals surface area contributed by atoms with Gasteiger partial charge in [0.15, 0.2) is 0 Å². The largest absolute Gasteiger partial charge is 0.376 e. The molecule has 0 heterocycles. The summed E-state index contributed by atoms with van der Waals surface area (Å²) in [4.78, 5) is 0. The van der Waals surface area contributed by atoms with Gasteiger partial charge in [0.25, 0.3) is 0 Å². The van der Waals surface area contributed by atoms with Crippen LogP contribution in [-0.4, -0.2) is 25.4 Å². The Labute approximate surface area is 276 Å². The Hall–Kier alpha value is -1.12. The van der Waals surface area contributed by atoms with E-state index in [4.69, 9.17) is 9.47 Å². The first kappa shape index (κ1) is 40.9. The van der Waals surface area contributed by atoms with Crippen LogP contribution < -0.4 is 0 Å². The molecule has 0 aromatic rings. The summed E-state index contributed by atoms with van der Waals surface area (Å²) in [5.74, 6) is 0.771. The molecule has 0 radical (unpaired) electrons. The quantitative estimate of drug-likeness (QED) is 0.0573. The van der Waals surface area contributed by atoms with Crippen molar-refractivity contribution in [2.45, 2.75) is 200 Å². The molecule has 0 aromatic carbocycles. The predicted molar refractivity (Wildman–Crippen MR) is 197 cm³/mol. The molecule has 3 atom stereocenters. The van der Waals surface area contributed by atoms with Crippen molar-refractivity contribution in [3.05, 3.63) is 48.6 Å². The Balaban J connectivity index is 1.96. The van der Waals surface area contributed by atoms with Crippen LogP contribution in [0.4, 0.5) is 0 Å². The lowest BCUT2D eigenvalue weighted by Gasteiger charge is -2.34. The molecule has 256 valence electrons. The molecule has 1 fully saturated rings. The highest BCUT2D eigenvalue weighted by atomic mass is 16.5. The van der Waals surface area contributed by atoms with Gasteiger partial charge in [-0.1, -0.05) is 146 Å². The minimum absolute atomic E-state index is 0.316. The Morgan fingerprint density at radius 2 is 0.841 bits per heavy atom. The van der Waals surface area contributed by atoms with Crippen LogP contribution in [0.3, 0.4) is 0 Å². The molecule has 0 amide bonds. The van der Waals surface area contributed by atoms with Gasteiger partial charge in [0.2, 0.25) is 0 Å². The molecular weight excluding hydrogens is 536 g/mol. The number of hydrogen-bond acceptors (Lipinski definition) is 2. The minimum Gasteiger partial charge on any atom is -0.376 e. The Morgan fingerprint density at radius 3 is 1.34 bits per heavy atom. The first-order valence-corrected chi connectivity index (χ1v) is 19.6. The normalized spacial score (nSPS) is 19.5. The molecule has 0 N–H and O–H groups in total. The van der Waals surface area contributed by atoms with Crippen LogP contribution in [-0.2, 0) is 9.47 Å². The molecule has 44 heavy (non-hydrogen) atoms. The molecule has 1 aliphatic rings. The highest BCUT2D eigenvalue weighted by Gasteiger charge is 2.29. The molecule has 2 nitrogen and oxygen atoms in total. The molecule has 1 rings (SSSR count). The maximum atomic E-state index is 6.42. The third kappa shape index (κ3) is 27.2. The van der Waals surface area contributed by atoms with Crippen molar-refractivity contribution in [1.29, 1.82) is 0 Å². The van der Waals surface area contributed by atoms with Gasteiger partial charge in [0.1, 0.15) is 0 Å². The summed E-state index contributed by atoms with van der Waals surface area (Å²) in [6.45, 7) is 8.73. The van der Waals surface area contributed by atoms with Crippen molar-refractivity contribution in [3.8, 4) is 0 Å². The van der Waals surface area contributed by atoms with Crippen molar-refractivity contribution < 1.29 is 9.47 Å². The van der Waals surface area contributed by atoms with Gasteiger partial charge in [-0.05, 0) is 95.8 Å². The third-order valence-corrected chi connectivity index (χ3v) is 9.10. The summed E-state index contributed by atoms with van der Waals surface area (Å²) >= 11 is 0. The molecule has 1 saturated carbocycles. The van der Waals surface area contributed by atoms with Crippen molar-refractivity contribution in [1.82, 2.24) is 0 Å². The molecule has 0 aliphatic heterocycles. The van der Waals surface area contributed by atoms with Gasteiger partial charge >= 0.3 is 0 Å². The Bertz CT molecular complexity index is 690. The summed E-state index contributed by atoms with van der Waals surface area (Å²) in [7, 11) is 0. The van der Waals surface area contributed by atoms with E-state index in [1.54, 1.807) is 0 Å². The molecule has 0 spiro atoms. The maximum Gasteiger partial charge on any atom is 0.0839 e. The van der Waals surface area contributed by atoms with Crippen LogP contribution in [0.15, 0.2) is 48.6 Å². The fourth-order valence-corrected chi connectivity index (χ4v) is 6.13. The van der Waals surface area contributed by atoms with E-state index in [0.717, 1.165) is 32.0 Å². The van der Waals surface area contributed by atoms with Gasteiger partial charge < -0.3 is 9.47 Å². The zero-order valence-corrected chi connectivity index (χ0v) is 30.0. The number of allylic oxidation sites excluding steroid dienone is 8. The average molecular weight is 613 g/mol. The van der Waals surface area contributed by atoms with Crippen molar-refractivity contribution in [2.75, 3.05) is 13.2 Å². The summed E-state index contributed by atoms with van der Waals surface area (Å²) in [6.07, 6.45) is 52.7. The number of ether oxygens (including phenoxy) is 2. The molecule has 0 aromatic heterocycles. The van der Waals surface area contributed by atoms with Gasteiger partial charge in [0, 0.05) is 13.2 Å². The molecular formula is C42H76O2. The average Bonchev–Trinajstić information content (AvgIpc) is 3.03. The van der Waals surface area contributed by atoms with Crippen LogP contribution >= 0.6 is 0 Å². The van der Waals surface area contributed by atoms with E-state index >= 15 is 0 Å². The first-order valence-electron chi connectivity index (χ1n) is 19.6. The van der Waals surface area contributed by atoms with E-state index < -0.39 is 0 Å². The zero-order chi connectivity index (χ0) is 31.6. The maximum absolute atomic E-state index is 6.42. The van der Waals surface area contributed by atoms with Crippen molar-refractivity contribution >= 4 is 0 Å². The lowest BCUT2D eigenvalue weighted by molar-refractivity contribution is -0.102.